The van der Waals surface area contributed by atoms with E-state index in [0.717, 1.165) is 5.56 Å². The summed E-state index contributed by atoms with van der Waals surface area (Å²) in [6, 6.07) is 5.46. The second-order valence-corrected chi connectivity index (χ2v) is 7.52. The van der Waals surface area contributed by atoms with Crippen molar-refractivity contribution in [3.63, 3.8) is 0 Å². The first-order valence-corrected chi connectivity index (χ1v) is 8.62. The Balaban J connectivity index is 2.22. The van der Waals surface area contributed by atoms with Gasteiger partial charge in [0.25, 0.3) is 0 Å². The van der Waals surface area contributed by atoms with Crippen LogP contribution in [0.1, 0.15) is 26.3 Å². The third-order valence-electron chi connectivity index (χ3n) is 4.32. The molecule has 144 valence electrons. The second-order valence-electron chi connectivity index (χ2n) is 7.52. The highest BCUT2D eigenvalue weighted by Gasteiger charge is 2.34. The number of hydrogen-bond acceptors (Lipinski definition) is 5. The number of hydrogen-bond donors (Lipinski definition) is 1. The summed E-state index contributed by atoms with van der Waals surface area (Å²) >= 11 is 0. The van der Waals surface area contributed by atoms with Crippen LogP contribution in [-0.4, -0.2) is 66.7 Å². The van der Waals surface area contributed by atoms with E-state index < -0.39 is 11.5 Å². The number of carbonyl (C=O) groups excluding carboxylic acids is 2. The summed E-state index contributed by atoms with van der Waals surface area (Å²) < 4.78 is 10.7. The third-order valence-corrected chi connectivity index (χ3v) is 4.32. The maximum atomic E-state index is 12.7. The zero-order chi connectivity index (χ0) is 19.5. The fraction of sp³-hybridized carbons (Fsp3) is 0.579. The molecular formula is C19H28N2O5. The molecule has 26 heavy (non-hydrogen) atoms. The molecule has 0 bridgehead atoms. The lowest BCUT2D eigenvalue weighted by Gasteiger charge is -2.28. The standard InChI is InChI=1S/C19H28N2O5/c1-19(2,3)18(24)21-11-14(22)10-20(16(23)12-21)9-13-7-6-8-15(25-4)17(13)26-5/h6-8,14,22H,9-12H2,1-5H3. The number of aliphatic hydroxyl groups is 1. The van der Waals surface area contributed by atoms with Gasteiger partial charge in [0.05, 0.1) is 26.9 Å². The van der Waals surface area contributed by atoms with Crippen molar-refractivity contribution in [1.29, 1.82) is 0 Å². The van der Waals surface area contributed by atoms with E-state index in [1.54, 1.807) is 46.0 Å². The molecule has 1 aliphatic heterocycles. The Kier molecular flexibility index (Phi) is 6.13. The molecule has 0 spiro atoms. The van der Waals surface area contributed by atoms with Crippen molar-refractivity contribution >= 4 is 11.8 Å². The van der Waals surface area contributed by atoms with Gasteiger partial charge in [0, 0.05) is 30.6 Å². The molecule has 0 saturated carbocycles. The van der Waals surface area contributed by atoms with Gasteiger partial charge in [0.2, 0.25) is 11.8 Å². The van der Waals surface area contributed by atoms with Crippen molar-refractivity contribution in [2.45, 2.75) is 33.4 Å². The summed E-state index contributed by atoms with van der Waals surface area (Å²) in [6.45, 7) is 5.94. The average molecular weight is 364 g/mol. The highest BCUT2D eigenvalue weighted by molar-refractivity contribution is 5.87. The van der Waals surface area contributed by atoms with Crippen molar-refractivity contribution in [3.05, 3.63) is 23.8 Å². The third kappa shape index (κ3) is 4.46. The molecule has 1 unspecified atom stereocenters. The highest BCUT2D eigenvalue weighted by atomic mass is 16.5. The van der Waals surface area contributed by atoms with Gasteiger partial charge in [-0.1, -0.05) is 32.9 Å². The van der Waals surface area contributed by atoms with Gasteiger partial charge in [-0.3, -0.25) is 9.59 Å². The van der Waals surface area contributed by atoms with E-state index >= 15 is 0 Å². The molecule has 0 radical (unpaired) electrons. The summed E-state index contributed by atoms with van der Waals surface area (Å²) in [5, 5.41) is 10.3. The highest BCUT2D eigenvalue weighted by Crippen LogP contribution is 2.32. The molecule has 1 aliphatic rings. The van der Waals surface area contributed by atoms with Crippen LogP contribution in [0.15, 0.2) is 18.2 Å². The smallest absolute Gasteiger partial charge is 0.242 e. The summed E-state index contributed by atoms with van der Waals surface area (Å²) in [5.41, 5.74) is 0.175. The minimum absolute atomic E-state index is 0.0422. The van der Waals surface area contributed by atoms with Crippen LogP contribution in [0.2, 0.25) is 0 Å². The number of carbonyl (C=O) groups is 2. The zero-order valence-corrected chi connectivity index (χ0v) is 16.1. The van der Waals surface area contributed by atoms with Crippen LogP contribution in [0.5, 0.6) is 11.5 Å². The monoisotopic (exact) mass is 364 g/mol. The Labute approximate surface area is 154 Å². The van der Waals surface area contributed by atoms with E-state index in [-0.39, 0.29) is 38.0 Å². The van der Waals surface area contributed by atoms with Crippen molar-refractivity contribution in [2.24, 2.45) is 5.41 Å². The lowest BCUT2D eigenvalue weighted by Crippen LogP contribution is -2.44. The lowest BCUT2D eigenvalue weighted by atomic mass is 9.94. The predicted octanol–water partition coefficient (Wildman–Crippen LogP) is 1.28. The van der Waals surface area contributed by atoms with Crippen LogP contribution in [0.4, 0.5) is 0 Å². The molecule has 1 fully saturated rings. The topological polar surface area (TPSA) is 79.3 Å². The summed E-state index contributed by atoms with van der Waals surface area (Å²) in [7, 11) is 3.10. The fourth-order valence-corrected chi connectivity index (χ4v) is 3.06. The van der Waals surface area contributed by atoms with E-state index in [2.05, 4.69) is 0 Å². The van der Waals surface area contributed by atoms with E-state index in [0.29, 0.717) is 11.5 Å². The Hall–Kier alpha value is -2.28. The van der Waals surface area contributed by atoms with Gasteiger partial charge in [-0.05, 0) is 6.07 Å². The van der Waals surface area contributed by atoms with Crippen LogP contribution in [0.3, 0.4) is 0 Å². The van der Waals surface area contributed by atoms with Crippen LogP contribution in [0, 0.1) is 5.41 Å². The number of ether oxygens (including phenoxy) is 2. The van der Waals surface area contributed by atoms with Gasteiger partial charge < -0.3 is 24.4 Å². The van der Waals surface area contributed by atoms with Crippen LogP contribution >= 0.6 is 0 Å². The molecule has 2 amide bonds. The van der Waals surface area contributed by atoms with Gasteiger partial charge in [-0.15, -0.1) is 0 Å². The van der Waals surface area contributed by atoms with E-state index in [9.17, 15) is 14.7 Å². The largest absolute Gasteiger partial charge is 0.493 e. The molecular weight excluding hydrogens is 336 g/mol. The molecule has 1 aromatic rings. The number of β-amino-alcohol motifs (C(OH)–C–C–N with tert-alkyl or cyclic N) is 1. The fourth-order valence-electron chi connectivity index (χ4n) is 3.06. The Morgan fingerprint density at radius 2 is 1.92 bits per heavy atom. The summed E-state index contributed by atoms with van der Waals surface area (Å²) in [6.07, 6.45) is -0.802. The van der Waals surface area contributed by atoms with Crippen LogP contribution in [-0.2, 0) is 16.1 Å². The number of rotatable bonds is 4. The van der Waals surface area contributed by atoms with Gasteiger partial charge in [0.1, 0.15) is 0 Å². The number of methoxy groups -OCH3 is 2. The van der Waals surface area contributed by atoms with Gasteiger partial charge in [0.15, 0.2) is 11.5 Å². The first kappa shape index (κ1) is 20.0. The van der Waals surface area contributed by atoms with Crippen LogP contribution in [0.25, 0.3) is 0 Å². The van der Waals surface area contributed by atoms with Crippen molar-refractivity contribution < 1.29 is 24.2 Å². The summed E-state index contributed by atoms with van der Waals surface area (Å²) in [4.78, 5) is 28.2. The number of nitrogens with zero attached hydrogens (tertiary/aromatic N) is 2. The Bertz CT molecular complexity index is 668. The minimum Gasteiger partial charge on any atom is -0.493 e. The van der Waals surface area contributed by atoms with Gasteiger partial charge in [-0.25, -0.2) is 0 Å². The molecule has 0 aromatic heterocycles. The van der Waals surface area contributed by atoms with Crippen molar-refractivity contribution in [3.8, 4) is 11.5 Å². The first-order valence-electron chi connectivity index (χ1n) is 8.62. The SMILES string of the molecule is COc1cccc(CN2CC(O)CN(C(=O)C(C)(C)C)CC2=O)c1OC. The quantitative estimate of drug-likeness (QED) is 0.871. The second kappa shape index (κ2) is 7.95. The number of para-hydroxylation sites is 1. The maximum absolute atomic E-state index is 12.7. The minimum atomic E-state index is -0.802. The van der Waals surface area contributed by atoms with Crippen LogP contribution < -0.4 is 9.47 Å². The number of benzene rings is 1. The average Bonchev–Trinajstić information content (AvgIpc) is 2.71. The molecule has 7 heteroatoms. The van der Waals surface area contributed by atoms with E-state index in [4.69, 9.17) is 9.47 Å². The Morgan fingerprint density at radius 1 is 1.23 bits per heavy atom. The molecule has 1 aromatic carbocycles. The van der Waals surface area contributed by atoms with Gasteiger partial charge in [-0.2, -0.15) is 0 Å². The lowest BCUT2D eigenvalue weighted by molar-refractivity contribution is -0.144. The zero-order valence-electron chi connectivity index (χ0n) is 16.1. The normalized spacial score (nSPS) is 18.5. The molecule has 2 rings (SSSR count). The van der Waals surface area contributed by atoms with E-state index in [1.165, 1.54) is 4.90 Å². The Morgan fingerprint density at radius 3 is 2.50 bits per heavy atom. The molecule has 0 aliphatic carbocycles. The molecule has 1 heterocycles. The molecule has 1 saturated heterocycles. The molecule has 7 nitrogen and oxygen atoms in total. The molecule has 1 atom stereocenters. The summed E-state index contributed by atoms with van der Waals surface area (Å²) in [5.74, 6) is 0.788. The van der Waals surface area contributed by atoms with Crippen molar-refractivity contribution in [2.75, 3.05) is 33.9 Å². The number of aliphatic hydroxyl groups excluding tert-OH is 1. The van der Waals surface area contributed by atoms with Gasteiger partial charge >= 0.3 is 0 Å². The first-order chi connectivity index (χ1) is 12.2. The van der Waals surface area contributed by atoms with Crippen molar-refractivity contribution in [1.82, 2.24) is 9.80 Å². The number of amides is 2. The maximum Gasteiger partial charge on any atom is 0.242 e. The molecule has 1 N–H and O–H groups in total. The van der Waals surface area contributed by atoms with E-state index in [1.807, 2.05) is 12.1 Å². The predicted molar refractivity (Wildman–Crippen MR) is 97.0 cm³/mol.